The predicted octanol–water partition coefficient (Wildman–Crippen LogP) is 1.13. The molecule has 1 aliphatic rings. The van der Waals surface area contributed by atoms with Crippen molar-refractivity contribution in [2.75, 3.05) is 7.11 Å². The van der Waals surface area contributed by atoms with Crippen molar-refractivity contribution >= 4 is 17.9 Å². The van der Waals surface area contributed by atoms with Crippen LogP contribution in [0.5, 0.6) is 0 Å². The van der Waals surface area contributed by atoms with E-state index in [1.807, 2.05) is 0 Å². The lowest BCUT2D eigenvalue weighted by Gasteiger charge is -2.47. The van der Waals surface area contributed by atoms with Crippen LogP contribution >= 0.6 is 0 Å². The summed E-state index contributed by atoms with van der Waals surface area (Å²) in [5.74, 6) is -6.81. The Labute approximate surface area is 151 Å². The molecular formula is C17H27FO8. The smallest absolute Gasteiger partial charge is 0.369 e. The maximum atomic E-state index is 14.6. The standard InChI is InChI=1S/C17H27FO8/c1-7-12(24-10(4)19)14(25-11(5)20)13-8(2)9(3)15(18)17(22,26-13)16(21)23-6/h8-9,12-15,22H,7H2,1-6H3/t8?,9?,12-,13?,14-,15?,17?/m1/s1. The van der Waals surface area contributed by atoms with Crippen LogP contribution in [0.1, 0.15) is 41.0 Å². The molecule has 1 aliphatic heterocycles. The molecule has 1 saturated heterocycles. The Morgan fingerprint density at radius 1 is 1.15 bits per heavy atom. The van der Waals surface area contributed by atoms with E-state index in [0.29, 0.717) is 0 Å². The molecule has 1 N–H and O–H groups in total. The van der Waals surface area contributed by atoms with Crippen molar-refractivity contribution in [2.24, 2.45) is 11.8 Å². The van der Waals surface area contributed by atoms with Gasteiger partial charge in [-0.25, -0.2) is 9.18 Å². The molecule has 0 aromatic carbocycles. The number of esters is 3. The quantitative estimate of drug-likeness (QED) is 0.541. The second-order valence-electron chi connectivity index (χ2n) is 6.52. The Morgan fingerprint density at radius 3 is 2.12 bits per heavy atom. The van der Waals surface area contributed by atoms with Gasteiger partial charge in [0.15, 0.2) is 12.3 Å². The zero-order valence-electron chi connectivity index (χ0n) is 15.9. The molecule has 150 valence electrons. The van der Waals surface area contributed by atoms with E-state index in [4.69, 9.17) is 14.2 Å². The minimum absolute atomic E-state index is 0.272. The molecule has 0 aliphatic carbocycles. The normalized spacial score (nSPS) is 33.7. The summed E-state index contributed by atoms with van der Waals surface area (Å²) in [7, 11) is 0.991. The van der Waals surface area contributed by atoms with Crippen LogP contribution in [0.25, 0.3) is 0 Å². The fraction of sp³-hybridized carbons (Fsp3) is 0.824. The van der Waals surface area contributed by atoms with Crippen molar-refractivity contribution in [3.8, 4) is 0 Å². The maximum absolute atomic E-state index is 14.6. The summed E-state index contributed by atoms with van der Waals surface area (Å²) in [6.07, 6.45) is -4.91. The van der Waals surface area contributed by atoms with E-state index in [1.165, 1.54) is 13.8 Å². The first-order chi connectivity index (χ1) is 12.0. The summed E-state index contributed by atoms with van der Waals surface area (Å²) in [6, 6.07) is 0. The number of carbonyl (C=O) groups is 3. The van der Waals surface area contributed by atoms with Gasteiger partial charge < -0.3 is 24.1 Å². The Balaban J connectivity index is 3.30. The zero-order valence-corrected chi connectivity index (χ0v) is 15.9. The molecule has 0 amide bonds. The number of methoxy groups -OCH3 is 1. The molecule has 0 spiro atoms. The average Bonchev–Trinajstić information content (AvgIpc) is 2.58. The third-order valence-corrected chi connectivity index (χ3v) is 4.69. The second-order valence-corrected chi connectivity index (χ2v) is 6.52. The summed E-state index contributed by atoms with van der Waals surface area (Å²) >= 11 is 0. The Kier molecular flexibility index (Phi) is 7.52. The number of aliphatic hydroxyl groups is 1. The van der Waals surface area contributed by atoms with E-state index in [2.05, 4.69) is 4.74 Å². The van der Waals surface area contributed by atoms with Crippen LogP contribution < -0.4 is 0 Å². The number of hydrogen-bond acceptors (Lipinski definition) is 8. The summed E-state index contributed by atoms with van der Waals surface area (Å²) in [5, 5.41) is 10.5. The first-order valence-electron chi connectivity index (χ1n) is 8.46. The van der Waals surface area contributed by atoms with E-state index in [-0.39, 0.29) is 6.42 Å². The van der Waals surface area contributed by atoms with Crippen LogP contribution in [0.4, 0.5) is 4.39 Å². The van der Waals surface area contributed by atoms with Crippen molar-refractivity contribution in [3.05, 3.63) is 0 Å². The van der Waals surface area contributed by atoms with Gasteiger partial charge >= 0.3 is 17.9 Å². The number of halogens is 1. The number of rotatable bonds is 6. The van der Waals surface area contributed by atoms with Gasteiger partial charge in [0.1, 0.15) is 12.2 Å². The molecule has 0 aromatic heterocycles. The van der Waals surface area contributed by atoms with Gasteiger partial charge in [0.2, 0.25) is 0 Å². The van der Waals surface area contributed by atoms with Crippen molar-refractivity contribution in [3.63, 3.8) is 0 Å². The fourth-order valence-electron chi connectivity index (χ4n) is 3.12. The third kappa shape index (κ3) is 4.50. The molecule has 9 heteroatoms. The predicted molar refractivity (Wildman–Crippen MR) is 86.5 cm³/mol. The Bertz CT molecular complexity index is 539. The van der Waals surface area contributed by atoms with Crippen molar-refractivity contribution in [1.82, 2.24) is 0 Å². The minimum Gasteiger partial charge on any atom is -0.465 e. The van der Waals surface area contributed by atoms with Gasteiger partial charge in [-0.3, -0.25) is 9.59 Å². The number of carbonyl (C=O) groups excluding carboxylic acids is 3. The first kappa shape index (κ1) is 22.3. The van der Waals surface area contributed by atoms with E-state index in [0.717, 1.165) is 14.0 Å². The summed E-state index contributed by atoms with van der Waals surface area (Å²) in [4.78, 5) is 34.9. The van der Waals surface area contributed by atoms with Gasteiger partial charge in [-0.1, -0.05) is 20.8 Å². The van der Waals surface area contributed by atoms with E-state index in [9.17, 15) is 23.9 Å². The summed E-state index contributed by atoms with van der Waals surface area (Å²) in [6.45, 7) is 7.19. The van der Waals surface area contributed by atoms with Crippen molar-refractivity contribution in [1.29, 1.82) is 0 Å². The van der Waals surface area contributed by atoms with Gasteiger partial charge in [-0.15, -0.1) is 0 Å². The first-order valence-corrected chi connectivity index (χ1v) is 8.46. The number of alkyl halides is 1. The molecule has 1 fully saturated rings. The zero-order chi connectivity index (χ0) is 20.2. The largest absolute Gasteiger partial charge is 0.465 e. The second kappa shape index (κ2) is 8.77. The maximum Gasteiger partial charge on any atom is 0.369 e. The molecule has 0 aromatic rings. The van der Waals surface area contributed by atoms with Crippen LogP contribution in [0.2, 0.25) is 0 Å². The number of hydrogen-bond donors (Lipinski definition) is 1. The lowest BCUT2D eigenvalue weighted by atomic mass is 9.78. The fourth-order valence-corrected chi connectivity index (χ4v) is 3.12. The van der Waals surface area contributed by atoms with Crippen LogP contribution in [0, 0.1) is 11.8 Å². The molecule has 5 unspecified atom stereocenters. The summed E-state index contributed by atoms with van der Waals surface area (Å²) in [5.41, 5.74) is 0. The van der Waals surface area contributed by atoms with Gasteiger partial charge in [-0.2, -0.15) is 0 Å². The van der Waals surface area contributed by atoms with Gasteiger partial charge in [0.05, 0.1) is 7.11 Å². The van der Waals surface area contributed by atoms with E-state index >= 15 is 0 Å². The molecule has 7 atom stereocenters. The molecule has 0 bridgehead atoms. The highest BCUT2D eigenvalue weighted by Gasteiger charge is 2.60. The Hall–Kier alpha value is -1.74. The molecule has 0 saturated carbocycles. The highest BCUT2D eigenvalue weighted by Crippen LogP contribution is 2.41. The van der Waals surface area contributed by atoms with Crippen molar-refractivity contribution in [2.45, 2.75) is 71.3 Å². The van der Waals surface area contributed by atoms with Gasteiger partial charge in [0, 0.05) is 13.8 Å². The molecule has 1 heterocycles. The third-order valence-electron chi connectivity index (χ3n) is 4.69. The average molecular weight is 378 g/mol. The lowest BCUT2D eigenvalue weighted by Crippen LogP contribution is -2.65. The highest BCUT2D eigenvalue weighted by molar-refractivity contribution is 5.78. The van der Waals surface area contributed by atoms with E-state index < -0.39 is 60.0 Å². The summed E-state index contributed by atoms with van der Waals surface area (Å²) < 4.78 is 35.0. The van der Waals surface area contributed by atoms with Crippen LogP contribution in [0.15, 0.2) is 0 Å². The Morgan fingerprint density at radius 2 is 1.69 bits per heavy atom. The molecular weight excluding hydrogens is 351 g/mol. The van der Waals surface area contributed by atoms with E-state index in [1.54, 1.807) is 13.8 Å². The monoisotopic (exact) mass is 378 g/mol. The van der Waals surface area contributed by atoms with Crippen molar-refractivity contribution < 1.29 is 42.8 Å². The minimum atomic E-state index is -2.85. The van der Waals surface area contributed by atoms with Crippen LogP contribution in [0.3, 0.4) is 0 Å². The SMILES string of the molecule is CC[C@@H](OC(C)=O)[C@@H](OC(C)=O)C1OC(O)(C(=O)OC)C(F)C(C)C1C. The van der Waals surface area contributed by atoms with Crippen LogP contribution in [-0.4, -0.2) is 60.4 Å². The topological polar surface area (TPSA) is 108 Å². The lowest BCUT2D eigenvalue weighted by molar-refractivity contribution is -0.320. The highest BCUT2D eigenvalue weighted by atomic mass is 19.1. The van der Waals surface area contributed by atoms with Crippen LogP contribution in [-0.2, 0) is 33.3 Å². The number of ether oxygens (including phenoxy) is 4. The molecule has 8 nitrogen and oxygen atoms in total. The van der Waals surface area contributed by atoms with Gasteiger partial charge in [0.25, 0.3) is 5.79 Å². The molecule has 1 rings (SSSR count). The molecule has 0 radical (unpaired) electrons. The molecule has 26 heavy (non-hydrogen) atoms. The van der Waals surface area contributed by atoms with Gasteiger partial charge in [-0.05, 0) is 18.3 Å².